The van der Waals surface area contributed by atoms with Crippen LogP contribution in [0.2, 0.25) is 0 Å². The van der Waals surface area contributed by atoms with Crippen LogP contribution in [0, 0.1) is 13.8 Å². The van der Waals surface area contributed by atoms with Gasteiger partial charge in [-0.15, -0.1) is 0 Å². The maximum absolute atomic E-state index is 13.0. The third-order valence-corrected chi connectivity index (χ3v) is 5.77. The summed E-state index contributed by atoms with van der Waals surface area (Å²) in [6.07, 6.45) is 2.25. The molecule has 2 aromatic rings. The Labute approximate surface area is 177 Å². The van der Waals surface area contributed by atoms with Gasteiger partial charge < -0.3 is 19.3 Å². The molecule has 1 aromatic heterocycles. The van der Waals surface area contributed by atoms with Gasteiger partial charge >= 0.3 is 0 Å². The van der Waals surface area contributed by atoms with Crippen LogP contribution in [0.1, 0.15) is 48.8 Å². The molecule has 1 saturated heterocycles. The minimum Gasteiger partial charge on any atom is -0.507 e. The van der Waals surface area contributed by atoms with E-state index in [4.69, 9.17) is 4.42 Å². The number of likely N-dealkylation sites (tertiary alicyclic amines) is 1. The van der Waals surface area contributed by atoms with E-state index in [0.29, 0.717) is 17.9 Å². The zero-order chi connectivity index (χ0) is 21.8. The van der Waals surface area contributed by atoms with E-state index in [1.54, 1.807) is 12.1 Å². The van der Waals surface area contributed by atoms with Gasteiger partial charge in [0.2, 0.25) is 0 Å². The molecular weight excluding hydrogens is 380 g/mol. The smallest absolute Gasteiger partial charge is 0.295 e. The number of amides is 1. The summed E-state index contributed by atoms with van der Waals surface area (Å²) in [7, 11) is 0. The highest BCUT2D eigenvalue weighted by molar-refractivity contribution is 6.46. The summed E-state index contributed by atoms with van der Waals surface area (Å²) in [5.74, 6) is -0.938. The van der Waals surface area contributed by atoms with E-state index in [-0.39, 0.29) is 11.3 Å². The summed E-state index contributed by atoms with van der Waals surface area (Å²) < 4.78 is 5.58. The lowest BCUT2D eigenvalue weighted by atomic mass is 9.96. The molecule has 6 heteroatoms. The van der Waals surface area contributed by atoms with Gasteiger partial charge in [0, 0.05) is 12.1 Å². The Hall–Kier alpha value is -2.86. The predicted molar refractivity (Wildman–Crippen MR) is 116 cm³/mol. The molecule has 2 heterocycles. The summed E-state index contributed by atoms with van der Waals surface area (Å²) in [5.41, 5.74) is 2.45. The number of aryl methyl sites for hydroxylation is 2. The van der Waals surface area contributed by atoms with E-state index in [9.17, 15) is 14.7 Å². The molecule has 1 atom stereocenters. The van der Waals surface area contributed by atoms with Crippen molar-refractivity contribution in [2.24, 2.45) is 0 Å². The molecule has 1 aliphatic heterocycles. The second-order valence-corrected chi connectivity index (χ2v) is 7.71. The molecule has 1 fully saturated rings. The number of rotatable bonds is 8. The zero-order valence-electron chi connectivity index (χ0n) is 18.1. The fourth-order valence-corrected chi connectivity index (χ4v) is 3.99. The third kappa shape index (κ3) is 4.19. The van der Waals surface area contributed by atoms with Crippen molar-refractivity contribution < 1.29 is 19.1 Å². The Morgan fingerprint density at radius 1 is 1.17 bits per heavy atom. The lowest BCUT2D eigenvalue weighted by Gasteiger charge is -2.25. The van der Waals surface area contributed by atoms with Gasteiger partial charge in [0.25, 0.3) is 11.7 Å². The van der Waals surface area contributed by atoms with Gasteiger partial charge in [0.1, 0.15) is 17.6 Å². The number of aliphatic hydroxyl groups is 1. The molecule has 0 bridgehead atoms. The number of Topliss-reactive ketones (excluding diaryl/α,β-unsaturated/α-hetero) is 1. The normalized spacial score (nSPS) is 18.6. The molecule has 6 nitrogen and oxygen atoms in total. The first-order valence-corrected chi connectivity index (χ1v) is 10.5. The summed E-state index contributed by atoms with van der Waals surface area (Å²) in [6, 6.07) is 8.41. The van der Waals surface area contributed by atoms with Crippen molar-refractivity contribution in [1.82, 2.24) is 9.80 Å². The van der Waals surface area contributed by atoms with Crippen LogP contribution in [0.15, 0.2) is 46.6 Å². The molecule has 0 saturated carbocycles. The number of carbonyl (C=O) groups is 2. The summed E-state index contributed by atoms with van der Waals surface area (Å²) >= 11 is 0. The number of aliphatic hydroxyl groups excluding tert-OH is 1. The largest absolute Gasteiger partial charge is 0.507 e. The second kappa shape index (κ2) is 9.30. The van der Waals surface area contributed by atoms with Crippen molar-refractivity contribution in [3.8, 4) is 0 Å². The van der Waals surface area contributed by atoms with Gasteiger partial charge in [-0.3, -0.25) is 9.59 Å². The van der Waals surface area contributed by atoms with Crippen LogP contribution >= 0.6 is 0 Å². The van der Waals surface area contributed by atoms with Crippen molar-refractivity contribution >= 4 is 17.4 Å². The Morgan fingerprint density at radius 3 is 2.53 bits per heavy atom. The SMILES string of the molecule is CCN(CC)CCCN1C(=O)C(=O)C(=C(O)c2cc(C)ccc2C)[C@@H]1c1ccco1. The lowest BCUT2D eigenvalue weighted by Crippen LogP contribution is -2.33. The van der Waals surface area contributed by atoms with Crippen molar-refractivity contribution in [2.45, 2.75) is 40.2 Å². The summed E-state index contributed by atoms with van der Waals surface area (Å²) in [6.45, 7) is 11.1. The minimum absolute atomic E-state index is 0.0893. The standard InChI is InChI=1S/C24H30N2O4/c1-5-25(6-2)12-8-13-26-21(19-9-7-14-30-19)20(23(28)24(26)29)22(27)18-15-16(3)10-11-17(18)4/h7,9-11,14-15,21,27H,5-6,8,12-13H2,1-4H3/t21-/m0/s1. The van der Waals surface area contributed by atoms with Gasteiger partial charge in [0.05, 0.1) is 11.8 Å². The Bertz CT molecular complexity index is 942. The van der Waals surface area contributed by atoms with Gasteiger partial charge in [-0.25, -0.2) is 0 Å². The fourth-order valence-electron chi connectivity index (χ4n) is 3.99. The molecule has 0 radical (unpaired) electrons. The highest BCUT2D eigenvalue weighted by Gasteiger charge is 2.47. The van der Waals surface area contributed by atoms with Gasteiger partial charge in [-0.1, -0.05) is 31.5 Å². The van der Waals surface area contributed by atoms with E-state index >= 15 is 0 Å². The molecule has 1 N–H and O–H groups in total. The monoisotopic (exact) mass is 410 g/mol. The first-order chi connectivity index (χ1) is 14.4. The van der Waals surface area contributed by atoms with Crippen LogP contribution in [-0.4, -0.2) is 52.8 Å². The van der Waals surface area contributed by atoms with Crippen LogP contribution in [0.25, 0.3) is 5.76 Å². The lowest BCUT2D eigenvalue weighted by molar-refractivity contribution is -0.140. The average molecular weight is 411 g/mol. The fraction of sp³-hybridized carbons (Fsp3) is 0.417. The molecule has 0 aliphatic carbocycles. The maximum atomic E-state index is 13.0. The van der Waals surface area contributed by atoms with Crippen molar-refractivity contribution in [3.63, 3.8) is 0 Å². The number of carbonyl (C=O) groups excluding carboxylic acids is 2. The molecule has 1 amide bonds. The highest BCUT2D eigenvalue weighted by Crippen LogP contribution is 2.40. The van der Waals surface area contributed by atoms with Crippen LogP contribution in [0.5, 0.6) is 0 Å². The van der Waals surface area contributed by atoms with Crippen LogP contribution < -0.4 is 0 Å². The first-order valence-electron chi connectivity index (χ1n) is 10.5. The number of hydrogen-bond acceptors (Lipinski definition) is 5. The van der Waals surface area contributed by atoms with E-state index in [1.165, 1.54) is 11.2 Å². The van der Waals surface area contributed by atoms with Crippen molar-refractivity contribution in [2.75, 3.05) is 26.2 Å². The Balaban J connectivity index is 2.01. The topological polar surface area (TPSA) is 74.0 Å². The van der Waals surface area contributed by atoms with E-state index in [1.807, 2.05) is 32.0 Å². The molecule has 160 valence electrons. The average Bonchev–Trinajstić information content (AvgIpc) is 3.35. The molecular formula is C24H30N2O4. The molecule has 3 rings (SSSR count). The number of benzene rings is 1. The van der Waals surface area contributed by atoms with Gasteiger partial charge in [-0.2, -0.15) is 0 Å². The zero-order valence-corrected chi connectivity index (χ0v) is 18.1. The molecule has 1 aliphatic rings. The summed E-state index contributed by atoms with van der Waals surface area (Å²) in [5, 5.41) is 11.1. The van der Waals surface area contributed by atoms with Crippen molar-refractivity contribution in [1.29, 1.82) is 0 Å². The Morgan fingerprint density at radius 2 is 1.90 bits per heavy atom. The minimum atomic E-state index is -0.725. The number of ketones is 1. The van der Waals surface area contributed by atoms with E-state index in [0.717, 1.165) is 37.2 Å². The number of nitrogens with zero attached hydrogens (tertiary/aromatic N) is 2. The molecule has 0 spiro atoms. The number of furan rings is 1. The molecule has 0 unspecified atom stereocenters. The predicted octanol–water partition coefficient (Wildman–Crippen LogP) is 4.05. The van der Waals surface area contributed by atoms with Gasteiger partial charge in [0.15, 0.2) is 0 Å². The van der Waals surface area contributed by atoms with E-state index < -0.39 is 17.7 Å². The van der Waals surface area contributed by atoms with Crippen LogP contribution in [0.4, 0.5) is 0 Å². The summed E-state index contributed by atoms with van der Waals surface area (Å²) in [4.78, 5) is 29.7. The first kappa shape index (κ1) is 21.8. The second-order valence-electron chi connectivity index (χ2n) is 7.71. The maximum Gasteiger partial charge on any atom is 0.295 e. The third-order valence-electron chi connectivity index (χ3n) is 5.77. The molecule has 1 aromatic carbocycles. The Kier molecular flexibility index (Phi) is 6.77. The van der Waals surface area contributed by atoms with E-state index in [2.05, 4.69) is 18.7 Å². The molecule has 30 heavy (non-hydrogen) atoms. The highest BCUT2D eigenvalue weighted by atomic mass is 16.3. The quantitative estimate of drug-likeness (QED) is 0.404. The van der Waals surface area contributed by atoms with Gasteiger partial charge in [-0.05, 0) is 63.7 Å². The number of hydrogen-bond donors (Lipinski definition) is 1. The van der Waals surface area contributed by atoms with Crippen molar-refractivity contribution in [3.05, 3.63) is 64.6 Å². The van der Waals surface area contributed by atoms with Crippen LogP contribution in [0.3, 0.4) is 0 Å². The van der Waals surface area contributed by atoms with Crippen LogP contribution in [-0.2, 0) is 9.59 Å².